The summed E-state index contributed by atoms with van der Waals surface area (Å²) in [5, 5.41) is 22.1. The Labute approximate surface area is 188 Å². The summed E-state index contributed by atoms with van der Waals surface area (Å²) >= 11 is 1.93. The molecule has 0 amide bonds. The van der Waals surface area contributed by atoms with Crippen molar-refractivity contribution in [1.29, 1.82) is 0 Å². The minimum absolute atomic E-state index is 0.0766. The van der Waals surface area contributed by atoms with E-state index < -0.39 is 22.4 Å². The van der Waals surface area contributed by atoms with E-state index in [1.807, 2.05) is 0 Å². The number of aromatic hydroxyl groups is 1. The van der Waals surface area contributed by atoms with Gasteiger partial charge in [-0.1, -0.05) is 53.4 Å². The molecule has 0 saturated heterocycles. The third kappa shape index (κ3) is 3.03. The predicted octanol–water partition coefficient (Wildman–Crippen LogP) is 4.29. The smallest absolute Gasteiger partial charge is 0.305 e. The molecule has 2 aliphatic rings. The summed E-state index contributed by atoms with van der Waals surface area (Å²) in [6.45, 7) is 0. The summed E-state index contributed by atoms with van der Waals surface area (Å²) in [7, 11) is 0. The highest BCUT2D eigenvalue weighted by atomic mass is 32.2. The Bertz CT molecular complexity index is 1460. The minimum Gasteiger partial charge on any atom is -0.507 e. The molecule has 0 bridgehead atoms. The molecule has 5 rings (SSSR count). The Balaban J connectivity index is 1.70. The zero-order chi connectivity index (χ0) is 22.6. The summed E-state index contributed by atoms with van der Waals surface area (Å²) < 4.78 is 0. The number of aromatic amines is 1. The number of thioether (sulfide) groups is 1. The van der Waals surface area contributed by atoms with Gasteiger partial charge in [-0.2, -0.15) is 0 Å². The number of benzene rings is 2. The Morgan fingerprint density at radius 1 is 1.06 bits per heavy atom. The van der Waals surface area contributed by atoms with Gasteiger partial charge in [-0.25, -0.2) is 0 Å². The summed E-state index contributed by atoms with van der Waals surface area (Å²) in [4.78, 5) is 52.6. The molecule has 1 unspecified atom stereocenters. The van der Waals surface area contributed by atoms with Crippen LogP contribution in [-0.4, -0.2) is 26.6 Å². The van der Waals surface area contributed by atoms with Gasteiger partial charge in [0.2, 0.25) is 5.78 Å². The molecule has 1 atom stereocenters. The van der Waals surface area contributed by atoms with Crippen molar-refractivity contribution in [2.45, 2.75) is 10.9 Å². The van der Waals surface area contributed by atoms with Gasteiger partial charge < -0.3 is 10.1 Å². The van der Waals surface area contributed by atoms with E-state index in [-0.39, 0.29) is 37.9 Å². The van der Waals surface area contributed by atoms with Crippen LogP contribution in [0.5, 0.6) is 5.75 Å². The number of phenolic OH excluding ortho intramolecular Hbond substituents is 1. The molecule has 32 heavy (non-hydrogen) atoms. The SMILES string of the molecule is O=C1C2=C(C(=O)c3c(O)cccc31)C(/C=C/c1ccccc1[N+](=O)[O-])c1sc(=O)[nH]c1S2. The van der Waals surface area contributed by atoms with Gasteiger partial charge >= 0.3 is 4.87 Å². The average Bonchev–Trinajstić information content (AvgIpc) is 3.15. The fourth-order valence-corrected chi connectivity index (χ4v) is 6.09. The third-order valence-electron chi connectivity index (χ3n) is 5.25. The van der Waals surface area contributed by atoms with Crippen LogP contribution in [0, 0.1) is 10.1 Å². The second-order valence-electron chi connectivity index (χ2n) is 7.06. The molecule has 0 saturated carbocycles. The molecule has 10 heteroatoms. The lowest BCUT2D eigenvalue weighted by Gasteiger charge is -2.28. The van der Waals surface area contributed by atoms with Gasteiger partial charge in [0, 0.05) is 23.1 Å². The Morgan fingerprint density at radius 2 is 1.84 bits per heavy atom. The monoisotopic (exact) mass is 464 g/mol. The molecule has 0 spiro atoms. The van der Waals surface area contributed by atoms with E-state index in [2.05, 4.69) is 4.98 Å². The molecule has 158 valence electrons. The zero-order valence-corrected chi connectivity index (χ0v) is 17.7. The quantitative estimate of drug-likeness (QED) is 0.437. The van der Waals surface area contributed by atoms with Crippen molar-refractivity contribution >= 4 is 46.4 Å². The second kappa shape index (κ2) is 7.43. The first-order valence-electron chi connectivity index (χ1n) is 9.35. The van der Waals surface area contributed by atoms with Crippen molar-refractivity contribution in [3.8, 4) is 5.75 Å². The van der Waals surface area contributed by atoms with Crippen LogP contribution in [-0.2, 0) is 0 Å². The number of nitrogens with zero attached hydrogens (tertiary/aromatic N) is 1. The molecule has 1 aliphatic carbocycles. The fourth-order valence-electron chi connectivity index (χ4n) is 3.85. The normalized spacial score (nSPS) is 17.3. The number of fused-ring (bicyclic) bond motifs is 2. The van der Waals surface area contributed by atoms with E-state index in [1.54, 1.807) is 24.3 Å². The van der Waals surface area contributed by atoms with Crippen molar-refractivity contribution in [3.63, 3.8) is 0 Å². The molecular formula is C22H12N2O6S2. The van der Waals surface area contributed by atoms with Crippen LogP contribution in [0.3, 0.4) is 0 Å². The number of nitro groups is 1. The van der Waals surface area contributed by atoms with E-state index in [0.717, 1.165) is 23.1 Å². The topological polar surface area (TPSA) is 130 Å². The van der Waals surface area contributed by atoms with Gasteiger partial charge in [-0.05, 0) is 18.2 Å². The van der Waals surface area contributed by atoms with Crippen molar-refractivity contribution in [1.82, 2.24) is 4.98 Å². The van der Waals surface area contributed by atoms with Crippen LogP contribution in [0.4, 0.5) is 5.69 Å². The minimum atomic E-state index is -0.783. The number of nitro benzene ring substituents is 1. The fraction of sp³-hybridized carbons (Fsp3) is 0.0455. The van der Waals surface area contributed by atoms with Gasteiger partial charge in [0.1, 0.15) is 5.75 Å². The van der Waals surface area contributed by atoms with Crippen molar-refractivity contribution in [2.75, 3.05) is 0 Å². The van der Waals surface area contributed by atoms with Crippen LogP contribution in [0.25, 0.3) is 6.08 Å². The Kier molecular flexibility index (Phi) is 4.68. The molecule has 1 aliphatic heterocycles. The molecule has 0 radical (unpaired) electrons. The lowest BCUT2D eigenvalue weighted by molar-refractivity contribution is -0.385. The van der Waals surface area contributed by atoms with Crippen molar-refractivity contribution < 1.29 is 19.6 Å². The van der Waals surface area contributed by atoms with Crippen molar-refractivity contribution in [3.05, 3.63) is 100 Å². The lowest BCUT2D eigenvalue weighted by atomic mass is 9.81. The first-order chi connectivity index (χ1) is 15.4. The number of H-pyrrole nitrogens is 1. The number of allylic oxidation sites excluding steroid dienone is 3. The van der Waals surface area contributed by atoms with Gasteiger partial charge in [-0.15, -0.1) is 0 Å². The average molecular weight is 464 g/mol. The molecule has 2 N–H and O–H groups in total. The molecule has 8 nitrogen and oxygen atoms in total. The largest absolute Gasteiger partial charge is 0.507 e. The summed E-state index contributed by atoms with van der Waals surface area (Å²) in [6, 6.07) is 10.4. The number of hydrogen-bond acceptors (Lipinski definition) is 8. The van der Waals surface area contributed by atoms with Gasteiger partial charge in [-0.3, -0.25) is 24.5 Å². The highest BCUT2D eigenvalue weighted by molar-refractivity contribution is 8.04. The van der Waals surface area contributed by atoms with E-state index in [4.69, 9.17) is 0 Å². The van der Waals surface area contributed by atoms with E-state index >= 15 is 0 Å². The first kappa shape index (κ1) is 20.2. The maximum Gasteiger partial charge on any atom is 0.305 e. The summed E-state index contributed by atoms with van der Waals surface area (Å²) in [6.07, 6.45) is 3.09. The second-order valence-corrected chi connectivity index (χ2v) is 9.10. The van der Waals surface area contributed by atoms with E-state index in [1.165, 1.54) is 30.3 Å². The molecule has 1 aromatic heterocycles. The maximum atomic E-state index is 13.4. The zero-order valence-electron chi connectivity index (χ0n) is 16.0. The van der Waals surface area contributed by atoms with E-state index in [9.17, 15) is 29.6 Å². The number of phenols is 1. The van der Waals surface area contributed by atoms with E-state index in [0.29, 0.717) is 15.5 Å². The number of Topliss-reactive ketones (excluding diaryl/α,β-unsaturated/α-hetero) is 2. The van der Waals surface area contributed by atoms with Crippen LogP contribution in [0.1, 0.15) is 37.1 Å². The highest BCUT2D eigenvalue weighted by Gasteiger charge is 2.42. The number of ketones is 2. The third-order valence-corrected chi connectivity index (χ3v) is 7.48. The Morgan fingerprint density at radius 3 is 2.62 bits per heavy atom. The molecule has 0 fully saturated rings. The number of para-hydroxylation sites is 1. The maximum absolute atomic E-state index is 13.4. The van der Waals surface area contributed by atoms with Gasteiger partial charge in [0.15, 0.2) is 5.78 Å². The van der Waals surface area contributed by atoms with Gasteiger partial charge in [0.25, 0.3) is 5.69 Å². The predicted molar refractivity (Wildman–Crippen MR) is 119 cm³/mol. The molecule has 3 aromatic rings. The number of thiazole rings is 1. The molecule has 2 aromatic carbocycles. The number of carbonyl (C=O) groups excluding carboxylic acids is 2. The van der Waals surface area contributed by atoms with Crippen LogP contribution in [0.2, 0.25) is 0 Å². The van der Waals surface area contributed by atoms with Gasteiger partial charge in [0.05, 0.1) is 30.9 Å². The highest BCUT2D eigenvalue weighted by Crippen LogP contribution is 2.51. The van der Waals surface area contributed by atoms with Crippen LogP contribution >= 0.6 is 23.1 Å². The number of hydrogen-bond donors (Lipinski definition) is 2. The Hall–Kier alpha value is -3.76. The first-order valence-corrected chi connectivity index (χ1v) is 11.0. The number of nitrogens with one attached hydrogen (secondary N) is 1. The van der Waals surface area contributed by atoms with Crippen LogP contribution < -0.4 is 4.87 Å². The van der Waals surface area contributed by atoms with Crippen molar-refractivity contribution in [2.24, 2.45) is 0 Å². The molecule has 2 heterocycles. The standard InChI is InChI=1S/C22H12N2O6S2/c25-14-7-3-5-11-15(14)18(27)16-12(9-8-10-4-1-2-6-13(10)24(29)30)19-21(23-22(28)32-19)31-20(16)17(11)26/h1-9,12,25H,(H,23,28)/b9-8+. The number of carbonyl (C=O) groups is 2. The molecular weight excluding hydrogens is 452 g/mol. The summed E-state index contributed by atoms with van der Waals surface area (Å²) in [5.74, 6) is -2.01. The number of rotatable bonds is 3. The van der Waals surface area contributed by atoms with Crippen LogP contribution in [0.15, 0.2) is 68.8 Å². The lowest BCUT2D eigenvalue weighted by Crippen LogP contribution is -2.26. The number of aromatic nitrogens is 1. The summed E-state index contributed by atoms with van der Waals surface area (Å²) in [5.41, 5.74) is 0.377.